The highest BCUT2D eigenvalue weighted by molar-refractivity contribution is 8.01. The maximum Gasteiger partial charge on any atom is 0.124 e. The van der Waals surface area contributed by atoms with Gasteiger partial charge in [-0.1, -0.05) is 27.7 Å². The van der Waals surface area contributed by atoms with Crippen molar-refractivity contribution in [1.29, 1.82) is 0 Å². The molecule has 2 atom stereocenters. The molecule has 84 valence electrons. The van der Waals surface area contributed by atoms with Gasteiger partial charge in [0.25, 0.3) is 0 Å². The minimum absolute atomic E-state index is 0.0302. The summed E-state index contributed by atoms with van der Waals surface area (Å²) in [6.45, 7) is 13.0. The van der Waals surface area contributed by atoms with E-state index in [2.05, 4.69) is 51.8 Å². The van der Waals surface area contributed by atoms with E-state index in [-0.39, 0.29) is 4.87 Å². The zero-order chi connectivity index (χ0) is 11.2. The van der Waals surface area contributed by atoms with Crippen LogP contribution in [0.4, 0.5) is 0 Å². The maximum absolute atomic E-state index is 4.47. The van der Waals surface area contributed by atoms with Crippen molar-refractivity contribution in [3.05, 3.63) is 0 Å². The highest BCUT2D eigenvalue weighted by Crippen LogP contribution is 2.33. The molecule has 0 spiro atoms. The van der Waals surface area contributed by atoms with Crippen molar-refractivity contribution in [3.8, 4) is 0 Å². The molecule has 0 heterocycles. The standard InChI is InChI=1S/C11H24N2S/c1-7-10(5)12-13-11(6,8-2)14-9(3)4/h9-10H,7-8H2,1-6H3. The van der Waals surface area contributed by atoms with Gasteiger partial charge in [-0.2, -0.15) is 10.2 Å². The van der Waals surface area contributed by atoms with Gasteiger partial charge in [0, 0.05) is 5.25 Å². The Morgan fingerprint density at radius 1 is 1.21 bits per heavy atom. The molecule has 0 amide bonds. The monoisotopic (exact) mass is 216 g/mol. The molecule has 0 fully saturated rings. The van der Waals surface area contributed by atoms with Crippen molar-refractivity contribution in [2.24, 2.45) is 10.2 Å². The molecule has 14 heavy (non-hydrogen) atoms. The van der Waals surface area contributed by atoms with Gasteiger partial charge in [-0.05, 0) is 26.7 Å². The van der Waals surface area contributed by atoms with Crippen molar-refractivity contribution >= 4 is 11.8 Å². The first-order valence-corrected chi connectivity index (χ1v) is 6.41. The molecule has 0 aromatic carbocycles. The summed E-state index contributed by atoms with van der Waals surface area (Å²) in [6.07, 6.45) is 2.10. The fourth-order valence-corrected chi connectivity index (χ4v) is 2.26. The second kappa shape index (κ2) is 6.44. The lowest BCUT2D eigenvalue weighted by Gasteiger charge is -2.24. The summed E-state index contributed by atoms with van der Waals surface area (Å²) in [5, 5.41) is 9.42. The Bertz CT molecular complexity index is 180. The SMILES string of the molecule is CCC(C)N=NC(C)(CC)SC(C)C. The molecular weight excluding hydrogens is 192 g/mol. The summed E-state index contributed by atoms with van der Waals surface area (Å²) >= 11 is 1.89. The zero-order valence-electron chi connectivity index (χ0n) is 10.4. The molecule has 0 saturated carbocycles. The van der Waals surface area contributed by atoms with Gasteiger partial charge in [-0.3, -0.25) is 0 Å². The predicted octanol–water partition coefficient (Wildman–Crippen LogP) is 4.50. The third-order valence-corrected chi connectivity index (χ3v) is 3.55. The first kappa shape index (κ1) is 13.9. The molecular formula is C11H24N2S. The Morgan fingerprint density at radius 2 is 1.79 bits per heavy atom. The molecule has 0 bridgehead atoms. The molecule has 2 unspecified atom stereocenters. The summed E-state index contributed by atoms with van der Waals surface area (Å²) in [4.78, 5) is -0.0302. The van der Waals surface area contributed by atoms with Gasteiger partial charge in [0.15, 0.2) is 0 Å². The van der Waals surface area contributed by atoms with Gasteiger partial charge < -0.3 is 0 Å². The number of nitrogens with zero attached hydrogens (tertiary/aromatic N) is 2. The van der Waals surface area contributed by atoms with Crippen LogP contribution in [0.1, 0.15) is 54.4 Å². The van der Waals surface area contributed by atoms with Gasteiger partial charge in [0.1, 0.15) is 4.87 Å². The van der Waals surface area contributed by atoms with Gasteiger partial charge in [0.2, 0.25) is 0 Å². The smallest absolute Gasteiger partial charge is 0.124 e. The number of azo groups is 1. The van der Waals surface area contributed by atoms with Gasteiger partial charge in [-0.15, -0.1) is 11.8 Å². The predicted molar refractivity (Wildman–Crippen MR) is 66.0 cm³/mol. The van der Waals surface area contributed by atoms with E-state index in [9.17, 15) is 0 Å². The molecule has 0 aliphatic rings. The van der Waals surface area contributed by atoms with Crippen LogP contribution in [-0.2, 0) is 0 Å². The molecule has 3 heteroatoms. The fraction of sp³-hybridized carbons (Fsp3) is 1.00. The van der Waals surface area contributed by atoms with E-state index < -0.39 is 0 Å². The number of rotatable bonds is 6. The van der Waals surface area contributed by atoms with E-state index in [0.29, 0.717) is 11.3 Å². The quantitative estimate of drug-likeness (QED) is 0.600. The van der Waals surface area contributed by atoms with E-state index >= 15 is 0 Å². The van der Waals surface area contributed by atoms with E-state index in [1.165, 1.54) is 0 Å². The van der Waals surface area contributed by atoms with Crippen LogP contribution in [0, 0.1) is 0 Å². The van der Waals surface area contributed by atoms with Crippen molar-refractivity contribution in [3.63, 3.8) is 0 Å². The molecule has 0 N–H and O–H groups in total. The van der Waals surface area contributed by atoms with Crippen LogP contribution in [0.2, 0.25) is 0 Å². The summed E-state index contributed by atoms with van der Waals surface area (Å²) < 4.78 is 0. The zero-order valence-corrected chi connectivity index (χ0v) is 11.2. The summed E-state index contributed by atoms with van der Waals surface area (Å²) in [7, 11) is 0. The average Bonchev–Trinajstić information content (AvgIpc) is 2.13. The lowest BCUT2D eigenvalue weighted by molar-refractivity contribution is 0.561. The normalized spacial score (nSPS) is 18.8. The van der Waals surface area contributed by atoms with Crippen LogP contribution >= 0.6 is 11.8 Å². The van der Waals surface area contributed by atoms with Crippen molar-refractivity contribution in [1.82, 2.24) is 0 Å². The van der Waals surface area contributed by atoms with E-state index in [4.69, 9.17) is 0 Å². The Kier molecular flexibility index (Phi) is 6.41. The second-order valence-corrected chi connectivity index (χ2v) is 6.23. The van der Waals surface area contributed by atoms with Crippen molar-refractivity contribution < 1.29 is 0 Å². The van der Waals surface area contributed by atoms with Crippen LogP contribution < -0.4 is 0 Å². The molecule has 0 aliphatic heterocycles. The number of thioether (sulfide) groups is 1. The van der Waals surface area contributed by atoms with Crippen LogP contribution in [0.5, 0.6) is 0 Å². The van der Waals surface area contributed by atoms with Gasteiger partial charge in [-0.25, -0.2) is 0 Å². The highest BCUT2D eigenvalue weighted by atomic mass is 32.2. The van der Waals surface area contributed by atoms with Crippen LogP contribution in [0.25, 0.3) is 0 Å². The molecule has 0 aromatic rings. The fourth-order valence-electron chi connectivity index (χ4n) is 0.988. The van der Waals surface area contributed by atoms with Crippen molar-refractivity contribution in [2.45, 2.75) is 70.5 Å². The molecule has 0 radical (unpaired) electrons. The molecule has 0 saturated heterocycles. The first-order valence-electron chi connectivity index (χ1n) is 5.53. The first-order chi connectivity index (χ1) is 6.43. The van der Waals surface area contributed by atoms with Crippen molar-refractivity contribution in [2.75, 3.05) is 0 Å². The lowest BCUT2D eigenvalue weighted by Crippen LogP contribution is -2.18. The Labute approximate surface area is 93.0 Å². The highest BCUT2D eigenvalue weighted by Gasteiger charge is 2.23. The number of hydrogen-bond donors (Lipinski definition) is 0. The average molecular weight is 216 g/mol. The van der Waals surface area contributed by atoms with E-state index in [1.807, 2.05) is 11.8 Å². The summed E-state index contributed by atoms with van der Waals surface area (Å²) in [5.74, 6) is 0. The van der Waals surface area contributed by atoms with E-state index in [1.54, 1.807) is 0 Å². The largest absolute Gasteiger partial charge is 0.190 e. The van der Waals surface area contributed by atoms with Gasteiger partial charge in [0.05, 0.1) is 6.04 Å². The second-order valence-electron chi connectivity index (χ2n) is 4.17. The van der Waals surface area contributed by atoms with Gasteiger partial charge >= 0.3 is 0 Å². The number of hydrogen-bond acceptors (Lipinski definition) is 3. The Balaban J connectivity index is 4.30. The Hall–Kier alpha value is -0.0500. The maximum atomic E-state index is 4.47. The molecule has 0 aliphatic carbocycles. The molecule has 0 aromatic heterocycles. The minimum Gasteiger partial charge on any atom is -0.190 e. The van der Waals surface area contributed by atoms with Crippen LogP contribution in [0.3, 0.4) is 0 Å². The molecule has 0 rings (SSSR count). The third kappa shape index (κ3) is 5.63. The molecule has 2 nitrogen and oxygen atoms in total. The topological polar surface area (TPSA) is 24.7 Å². The third-order valence-electron chi connectivity index (χ3n) is 2.20. The van der Waals surface area contributed by atoms with E-state index in [0.717, 1.165) is 12.8 Å². The minimum atomic E-state index is -0.0302. The lowest BCUT2D eigenvalue weighted by atomic mass is 10.2. The summed E-state index contributed by atoms with van der Waals surface area (Å²) in [6, 6.07) is 0.355. The van der Waals surface area contributed by atoms with Crippen LogP contribution in [-0.4, -0.2) is 16.2 Å². The Morgan fingerprint density at radius 3 is 2.14 bits per heavy atom. The van der Waals surface area contributed by atoms with Crippen LogP contribution in [0.15, 0.2) is 10.2 Å². The summed E-state index contributed by atoms with van der Waals surface area (Å²) in [5.41, 5.74) is 0.